The SMILES string of the molecule is O=C(CCc1cc(F)c(Cl)c(F)c1)Nc1n[nH]c(-c2ccncc2)c1Cl. The van der Waals surface area contributed by atoms with Gasteiger partial charge in [-0.3, -0.25) is 14.9 Å². The number of halogens is 4. The first-order valence-electron chi connectivity index (χ1n) is 7.53. The number of amides is 1. The first-order chi connectivity index (χ1) is 12.5. The van der Waals surface area contributed by atoms with Crippen LogP contribution in [0.2, 0.25) is 10.0 Å². The number of hydrogen-bond acceptors (Lipinski definition) is 3. The fourth-order valence-corrected chi connectivity index (χ4v) is 2.68. The van der Waals surface area contributed by atoms with Crippen molar-refractivity contribution >= 4 is 34.9 Å². The Morgan fingerprint density at radius 2 is 1.77 bits per heavy atom. The maximum atomic E-state index is 13.4. The van der Waals surface area contributed by atoms with Crippen molar-refractivity contribution in [2.45, 2.75) is 12.8 Å². The van der Waals surface area contributed by atoms with E-state index in [1.165, 1.54) is 0 Å². The van der Waals surface area contributed by atoms with E-state index < -0.39 is 22.6 Å². The number of rotatable bonds is 5. The molecular weight excluding hydrogens is 385 g/mol. The molecule has 5 nitrogen and oxygen atoms in total. The second kappa shape index (κ2) is 7.80. The van der Waals surface area contributed by atoms with Crippen LogP contribution in [0, 0.1) is 11.6 Å². The predicted molar refractivity (Wildman–Crippen MR) is 95.1 cm³/mol. The monoisotopic (exact) mass is 396 g/mol. The van der Waals surface area contributed by atoms with Crippen LogP contribution >= 0.6 is 23.2 Å². The summed E-state index contributed by atoms with van der Waals surface area (Å²) < 4.78 is 26.8. The molecular formula is C17H12Cl2F2N4O. The maximum absolute atomic E-state index is 13.4. The number of nitrogens with one attached hydrogen (secondary N) is 2. The highest BCUT2D eigenvalue weighted by atomic mass is 35.5. The lowest BCUT2D eigenvalue weighted by Crippen LogP contribution is -2.13. The zero-order chi connectivity index (χ0) is 18.7. The molecule has 3 rings (SSSR count). The Bertz CT molecular complexity index is 924. The third-order valence-corrected chi connectivity index (χ3v) is 4.35. The van der Waals surface area contributed by atoms with Gasteiger partial charge in [0.05, 0.1) is 5.69 Å². The zero-order valence-electron chi connectivity index (χ0n) is 13.2. The number of H-pyrrole nitrogens is 1. The summed E-state index contributed by atoms with van der Waals surface area (Å²) in [6.07, 6.45) is 3.34. The molecule has 0 aliphatic heterocycles. The van der Waals surface area contributed by atoms with Crippen LogP contribution in [-0.4, -0.2) is 21.1 Å². The smallest absolute Gasteiger partial charge is 0.225 e. The van der Waals surface area contributed by atoms with Crippen molar-refractivity contribution in [3.05, 3.63) is 63.9 Å². The Hall–Kier alpha value is -2.51. The minimum Gasteiger partial charge on any atom is -0.308 e. The van der Waals surface area contributed by atoms with E-state index >= 15 is 0 Å². The molecule has 2 heterocycles. The van der Waals surface area contributed by atoms with Gasteiger partial charge in [-0.05, 0) is 36.2 Å². The summed E-state index contributed by atoms with van der Waals surface area (Å²) in [5.41, 5.74) is 1.64. The van der Waals surface area contributed by atoms with Crippen molar-refractivity contribution in [1.29, 1.82) is 0 Å². The Morgan fingerprint density at radius 3 is 2.42 bits per heavy atom. The molecule has 0 unspecified atom stereocenters. The Labute approximate surface area is 157 Å². The first kappa shape index (κ1) is 18.3. The summed E-state index contributed by atoms with van der Waals surface area (Å²) in [6, 6.07) is 5.69. The molecule has 3 aromatic rings. The average molecular weight is 397 g/mol. The minimum absolute atomic E-state index is 0.00566. The normalized spacial score (nSPS) is 10.8. The molecule has 0 bridgehead atoms. The molecule has 134 valence electrons. The van der Waals surface area contributed by atoms with Crippen LogP contribution in [0.1, 0.15) is 12.0 Å². The van der Waals surface area contributed by atoms with Crippen LogP contribution < -0.4 is 5.32 Å². The number of anilines is 1. The molecule has 0 fully saturated rings. The van der Waals surface area contributed by atoms with E-state index in [1.807, 2.05) is 0 Å². The summed E-state index contributed by atoms with van der Waals surface area (Å²) >= 11 is 11.7. The molecule has 1 amide bonds. The number of aryl methyl sites for hydroxylation is 1. The van der Waals surface area contributed by atoms with Crippen LogP contribution in [0.15, 0.2) is 36.7 Å². The molecule has 9 heteroatoms. The number of aromatic amines is 1. The minimum atomic E-state index is -0.862. The van der Waals surface area contributed by atoms with E-state index in [-0.39, 0.29) is 23.7 Å². The van der Waals surface area contributed by atoms with Gasteiger partial charge in [0.15, 0.2) is 5.82 Å². The number of nitrogens with zero attached hydrogens (tertiary/aromatic N) is 2. The number of pyridine rings is 1. The van der Waals surface area contributed by atoms with Gasteiger partial charge in [-0.25, -0.2) is 8.78 Å². The van der Waals surface area contributed by atoms with Crippen LogP contribution in [0.5, 0.6) is 0 Å². The highest BCUT2D eigenvalue weighted by Gasteiger charge is 2.15. The van der Waals surface area contributed by atoms with Gasteiger partial charge >= 0.3 is 0 Å². The van der Waals surface area contributed by atoms with Crippen LogP contribution in [0.3, 0.4) is 0 Å². The summed E-state index contributed by atoms with van der Waals surface area (Å²) in [7, 11) is 0. The van der Waals surface area contributed by atoms with Gasteiger partial charge in [-0.15, -0.1) is 0 Å². The lowest BCUT2D eigenvalue weighted by Gasteiger charge is -2.05. The van der Waals surface area contributed by atoms with Gasteiger partial charge in [0.25, 0.3) is 0 Å². The molecule has 26 heavy (non-hydrogen) atoms. The number of carbonyl (C=O) groups excluding carboxylic acids is 1. The Morgan fingerprint density at radius 1 is 1.12 bits per heavy atom. The molecule has 2 N–H and O–H groups in total. The number of hydrogen-bond donors (Lipinski definition) is 2. The molecule has 0 atom stereocenters. The molecule has 0 aliphatic carbocycles. The molecule has 0 spiro atoms. The quantitative estimate of drug-likeness (QED) is 0.617. The summed E-state index contributed by atoms with van der Waals surface area (Å²) in [6.45, 7) is 0. The van der Waals surface area contributed by atoms with Crippen molar-refractivity contribution < 1.29 is 13.6 Å². The largest absolute Gasteiger partial charge is 0.308 e. The molecule has 1 aromatic carbocycles. The zero-order valence-corrected chi connectivity index (χ0v) is 14.7. The summed E-state index contributed by atoms with van der Waals surface area (Å²) in [5.74, 6) is -1.94. The fourth-order valence-electron chi connectivity index (χ4n) is 2.33. The molecule has 0 saturated heterocycles. The number of benzene rings is 1. The molecule has 0 radical (unpaired) electrons. The van der Waals surface area contributed by atoms with Crippen LogP contribution in [0.4, 0.5) is 14.6 Å². The number of aromatic nitrogens is 3. The van der Waals surface area contributed by atoms with E-state index in [0.717, 1.165) is 17.7 Å². The molecule has 2 aromatic heterocycles. The predicted octanol–water partition coefficient (Wildman–Crippen LogP) is 4.63. The molecule has 0 aliphatic rings. The topological polar surface area (TPSA) is 70.7 Å². The Balaban J connectivity index is 1.65. The Kier molecular flexibility index (Phi) is 5.49. The van der Waals surface area contributed by atoms with Gasteiger partial charge in [-0.1, -0.05) is 23.2 Å². The van der Waals surface area contributed by atoms with Crippen molar-refractivity contribution in [3.63, 3.8) is 0 Å². The lowest BCUT2D eigenvalue weighted by molar-refractivity contribution is -0.116. The van der Waals surface area contributed by atoms with E-state index in [2.05, 4.69) is 20.5 Å². The van der Waals surface area contributed by atoms with Crippen LogP contribution in [-0.2, 0) is 11.2 Å². The third-order valence-electron chi connectivity index (χ3n) is 3.62. The van der Waals surface area contributed by atoms with Crippen molar-refractivity contribution in [2.75, 3.05) is 5.32 Å². The van der Waals surface area contributed by atoms with Gasteiger partial charge in [-0.2, -0.15) is 5.10 Å². The molecule has 0 saturated carbocycles. The standard InChI is InChI=1S/C17H12Cl2F2N4O/c18-14-11(20)7-9(8-12(14)21)1-2-13(26)23-17-15(19)16(24-25-17)10-3-5-22-6-4-10/h3-8H,1-2H2,(H2,23,24,25,26). The maximum Gasteiger partial charge on any atom is 0.225 e. The van der Waals surface area contributed by atoms with E-state index in [0.29, 0.717) is 11.3 Å². The van der Waals surface area contributed by atoms with E-state index in [9.17, 15) is 13.6 Å². The second-order valence-corrected chi connectivity index (χ2v) is 6.17. The van der Waals surface area contributed by atoms with Crippen LogP contribution in [0.25, 0.3) is 11.3 Å². The average Bonchev–Trinajstić information content (AvgIpc) is 2.99. The third kappa shape index (κ3) is 4.00. The van der Waals surface area contributed by atoms with Gasteiger partial charge in [0.2, 0.25) is 5.91 Å². The van der Waals surface area contributed by atoms with E-state index in [1.54, 1.807) is 24.5 Å². The van der Waals surface area contributed by atoms with Crippen molar-refractivity contribution in [2.24, 2.45) is 0 Å². The summed E-state index contributed by atoms with van der Waals surface area (Å²) in [4.78, 5) is 16.0. The van der Waals surface area contributed by atoms with Gasteiger partial charge < -0.3 is 5.32 Å². The second-order valence-electron chi connectivity index (χ2n) is 5.42. The van der Waals surface area contributed by atoms with Crippen molar-refractivity contribution in [3.8, 4) is 11.3 Å². The van der Waals surface area contributed by atoms with Gasteiger partial charge in [0.1, 0.15) is 21.7 Å². The van der Waals surface area contributed by atoms with Crippen molar-refractivity contribution in [1.82, 2.24) is 15.2 Å². The lowest BCUT2D eigenvalue weighted by atomic mass is 10.1. The highest BCUT2D eigenvalue weighted by Crippen LogP contribution is 2.31. The fraction of sp³-hybridized carbons (Fsp3) is 0.118. The van der Waals surface area contributed by atoms with Gasteiger partial charge in [0, 0.05) is 24.4 Å². The highest BCUT2D eigenvalue weighted by molar-refractivity contribution is 6.36. The first-order valence-corrected chi connectivity index (χ1v) is 8.29. The number of carbonyl (C=O) groups is 1. The van der Waals surface area contributed by atoms with E-state index in [4.69, 9.17) is 23.2 Å². The summed E-state index contributed by atoms with van der Waals surface area (Å²) in [5, 5.41) is 8.99.